The minimum Gasteiger partial charge on any atom is -0.368 e. The van der Waals surface area contributed by atoms with E-state index < -0.39 is 0 Å². The summed E-state index contributed by atoms with van der Waals surface area (Å²) in [6, 6.07) is 6.51. The largest absolute Gasteiger partial charge is 0.368 e. The van der Waals surface area contributed by atoms with Gasteiger partial charge in [-0.15, -0.1) is 0 Å². The second-order valence-electron chi connectivity index (χ2n) is 7.59. The highest BCUT2D eigenvalue weighted by Crippen LogP contribution is 2.24. The van der Waals surface area contributed by atoms with Crippen molar-refractivity contribution in [2.24, 2.45) is 0 Å². The maximum Gasteiger partial charge on any atom is 0.223 e. The molecular weight excluding hydrogens is 310 g/mol. The molecule has 2 aliphatic heterocycles. The van der Waals surface area contributed by atoms with Crippen molar-refractivity contribution in [2.75, 3.05) is 50.7 Å². The van der Waals surface area contributed by atoms with Crippen molar-refractivity contribution < 1.29 is 4.79 Å². The molecule has 0 aliphatic carbocycles. The molecule has 0 bridgehead atoms. The molecule has 0 unspecified atom stereocenters. The van der Waals surface area contributed by atoms with E-state index in [0.29, 0.717) is 12.3 Å². The van der Waals surface area contributed by atoms with Gasteiger partial charge in [-0.1, -0.05) is 25.0 Å². The predicted octanol–water partition coefficient (Wildman–Crippen LogP) is 3.22. The van der Waals surface area contributed by atoms with Gasteiger partial charge in [0.15, 0.2) is 0 Å². The maximum absolute atomic E-state index is 12.6. The summed E-state index contributed by atoms with van der Waals surface area (Å²) in [6.45, 7) is 11.3. The van der Waals surface area contributed by atoms with Crippen LogP contribution in [0.15, 0.2) is 18.2 Å². The summed E-state index contributed by atoms with van der Waals surface area (Å²) in [5, 5.41) is 0. The van der Waals surface area contributed by atoms with E-state index >= 15 is 0 Å². The molecule has 138 valence electrons. The Balaban J connectivity index is 1.46. The lowest BCUT2D eigenvalue weighted by Gasteiger charge is -2.37. The molecule has 0 N–H and O–H groups in total. The third-order valence-electron chi connectivity index (χ3n) is 5.89. The van der Waals surface area contributed by atoms with Crippen LogP contribution in [-0.2, 0) is 4.79 Å². The van der Waals surface area contributed by atoms with Crippen LogP contribution in [0, 0.1) is 13.8 Å². The number of aryl methyl sites for hydroxylation is 1. The number of piperazine rings is 1. The van der Waals surface area contributed by atoms with Gasteiger partial charge >= 0.3 is 0 Å². The number of likely N-dealkylation sites (tertiary alicyclic amines) is 1. The maximum atomic E-state index is 12.6. The zero-order valence-electron chi connectivity index (χ0n) is 16.0. The molecule has 0 atom stereocenters. The Bertz CT molecular complexity index is 571. The van der Waals surface area contributed by atoms with E-state index in [4.69, 9.17) is 0 Å². The molecule has 2 fully saturated rings. The van der Waals surface area contributed by atoms with E-state index in [1.165, 1.54) is 55.6 Å². The molecule has 0 radical (unpaired) electrons. The van der Waals surface area contributed by atoms with Crippen molar-refractivity contribution in [1.82, 2.24) is 9.80 Å². The van der Waals surface area contributed by atoms with Gasteiger partial charge in [0, 0.05) is 44.8 Å². The molecule has 0 aromatic heterocycles. The molecule has 4 heteroatoms. The van der Waals surface area contributed by atoms with Crippen LogP contribution in [0.25, 0.3) is 0 Å². The number of benzene rings is 1. The Labute approximate surface area is 152 Å². The summed E-state index contributed by atoms with van der Waals surface area (Å²) < 4.78 is 0. The number of rotatable bonds is 4. The Morgan fingerprint density at radius 1 is 0.920 bits per heavy atom. The average Bonchev–Trinajstić information content (AvgIpc) is 2.91. The Morgan fingerprint density at radius 2 is 1.60 bits per heavy atom. The second kappa shape index (κ2) is 8.70. The molecule has 2 saturated heterocycles. The van der Waals surface area contributed by atoms with E-state index in [2.05, 4.69) is 46.7 Å². The Kier molecular flexibility index (Phi) is 6.35. The van der Waals surface area contributed by atoms with E-state index in [-0.39, 0.29) is 0 Å². The Hall–Kier alpha value is -1.55. The molecule has 1 aromatic rings. The van der Waals surface area contributed by atoms with Crippen molar-refractivity contribution in [3.05, 3.63) is 29.3 Å². The lowest BCUT2D eigenvalue weighted by atomic mass is 10.1. The summed E-state index contributed by atoms with van der Waals surface area (Å²) in [6.07, 6.45) is 5.98. The topological polar surface area (TPSA) is 26.8 Å². The van der Waals surface area contributed by atoms with E-state index in [0.717, 1.165) is 32.7 Å². The molecule has 2 aliphatic rings. The minimum absolute atomic E-state index is 0.338. The number of hydrogen-bond donors (Lipinski definition) is 0. The highest BCUT2D eigenvalue weighted by atomic mass is 16.2. The number of anilines is 1. The van der Waals surface area contributed by atoms with Gasteiger partial charge in [-0.3, -0.25) is 4.79 Å². The Morgan fingerprint density at radius 3 is 2.28 bits per heavy atom. The van der Waals surface area contributed by atoms with Crippen LogP contribution in [-0.4, -0.2) is 61.5 Å². The molecule has 0 saturated carbocycles. The highest BCUT2D eigenvalue weighted by molar-refractivity contribution is 5.76. The van der Waals surface area contributed by atoms with Gasteiger partial charge in [0.05, 0.1) is 0 Å². The normalized spacial score (nSPS) is 19.8. The van der Waals surface area contributed by atoms with E-state index in [1.54, 1.807) is 0 Å². The average molecular weight is 344 g/mol. The summed E-state index contributed by atoms with van der Waals surface area (Å²) in [7, 11) is 0. The summed E-state index contributed by atoms with van der Waals surface area (Å²) in [5.41, 5.74) is 4.04. The van der Waals surface area contributed by atoms with Crippen LogP contribution in [0.2, 0.25) is 0 Å². The fourth-order valence-electron chi connectivity index (χ4n) is 4.05. The molecule has 25 heavy (non-hydrogen) atoms. The number of carbonyl (C=O) groups is 1. The van der Waals surface area contributed by atoms with Crippen LogP contribution >= 0.6 is 0 Å². The van der Waals surface area contributed by atoms with Crippen molar-refractivity contribution in [2.45, 2.75) is 46.0 Å². The lowest BCUT2D eigenvalue weighted by molar-refractivity contribution is -0.131. The number of nitrogens with zero attached hydrogens (tertiary/aromatic N) is 3. The fraction of sp³-hybridized carbons (Fsp3) is 0.667. The predicted molar refractivity (Wildman–Crippen MR) is 104 cm³/mol. The minimum atomic E-state index is 0.338. The van der Waals surface area contributed by atoms with Crippen LogP contribution in [0.5, 0.6) is 0 Å². The zero-order chi connectivity index (χ0) is 17.6. The second-order valence-corrected chi connectivity index (χ2v) is 7.59. The smallest absolute Gasteiger partial charge is 0.223 e. The van der Waals surface area contributed by atoms with Gasteiger partial charge in [-0.25, -0.2) is 0 Å². The van der Waals surface area contributed by atoms with Crippen LogP contribution in [0.4, 0.5) is 5.69 Å². The first kappa shape index (κ1) is 18.2. The first-order valence-corrected chi connectivity index (χ1v) is 9.96. The van der Waals surface area contributed by atoms with Gasteiger partial charge in [-0.2, -0.15) is 0 Å². The van der Waals surface area contributed by atoms with Crippen molar-refractivity contribution in [1.29, 1.82) is 0 Å². The van der Waals surface area contributed by atoms with Crippen molar-refractivity contribution in [3.63, 3.8) is 0 Å². The summed E-state index contributed by atoms with van der Waals surface area (Å²) in [4.78, 5) is 19.6. The quantitative estimate of drug-likeness (QED) is 0.840. The number of hydrogen-bond acceptors (Lipinski definition) is 3. The van der Waals surface area contributed by atoms with Crippen molar-refractivity contribution >= 4 is 11.6 Å². The van der Waals surface area contributed by atoms with E-state index in [1.807, 2.05) is 0 Å². The van der Waals surface area contributed by atoms with Gasteiger partial charge in [0.1, 0.15) is 0 Å². The summed E-state index contributed by atoms with van der Waals surface area (Å²) in [5.74, 6) is 0.338. The van der Waals surface area contributed by atoms with Crippen LogP contribution < -0.4 is 4.90 Å². The third kappa shape index (κ3) is 4.75. The van der Waals surface area contributed by atoms with Crippen LogP contribution in [0.1, 0.15) is 43.2 Å². The first-order chi connectivity index (χ1) is 12.1. The zero-order valence-corrected chi connectivity index (χ0v) is 16.0. The van der Waals surface area contributed by atoms with Gasteiger partial charge in [-0.05, 0) is 57.0 Å². The number of amides is 1. The standard InChI is InChI=1S/C21H33N3O/c1-18-8-7-9-20(19(18)2)23-14-16-24(17-15-23)21(25)10-13-22-11-5-3-4-6-12-22/h7-9H,3-6,10-17H2,1-2H3. The molecule has 1 amide bonds. The molecule has 1 aromatic carbocycles. The third-order valence-corrected chi connectivity index (χ3v) is 5.89. The fourth-order valence-corrected chi connectivity index (χ4v) is 4.05. The SMILES string of the molecule is Cc1cccc(N2CCN(C(=O)CCN3CCCCCC3)CC2)c1C. The number of carbonyl (C=O) groups excluding carboxylic acids is 1. The summed E-state index contributed by atoms with van der Waals surface area (Å²) >= 11 is 0. The molecular formula is C21H33N3O. The highest BCUT2D eigenvalue weighted by Gasteiger charge is 2.22. The van der Waals surface area contributed by atoms with Crippen LogP contribution in [0.3, 0.4) is 0 Å². The molecule has 2 heterocycles. The van der Waals surface area contributed by atoms with Gasteiger partial charge < -0.3 is 14.7 Å². The van der Waals surface area contributed by atoms with Gasteiger partial charge in [0.25, 0.3) is 0 Å². The van der Waals surface area contributed by atoms with Crippen molar-refractivity contribution in [3.8, 4) is 0 Å². The van der Waals surface area contributed by atoms with E-state index in [9.17, 15) is 4.79 Å². The molecule has 0 spiro atoms. The molecule has 4 nitrogen and oxygen atoms in total. The van der Waals surface area contributed by atoms with Gasteiger partial charge in [0.2, 0.25) is 5.91 Å². The molecule has 3 rings (SSSR count). The lowest BCUT2D eigenvalue weighted by Crippen LogP contribution is -2.49. The monoisotopic (exact) mass is 343 g/mol. The first-order valence-electron chi connectivity index (χ1n) is 9.96.